The highest BCUT2D eigenvalue weighted by Gasteiger charge is 2.23. The molecule has 1 N–H and O–H groups in total. The topological polar surface area (TPSA) is 98.9 Å². The predicted octanol–water partition coefficient (Wildman–Crippen LogP) is 4.02. The molecule has 1 saturated heterocycles. The molecule has 192 valence electrons. The summed E-state index contributed by atoms with van der Waals surface area (Å²) >= 11 is 0. The van der Waals surface area contributed by atoms with Gasteiger partial charge in [0.15, 0.2) is 17.4 Å². The van der Waals surface area contributed by atoms with Crippen molar-refractivity contribution in [1.29, 1.82) is 5.26 Å². The van der Waals surface area contributed by atoms with E-state index < -0.39 is 0 Å². The summed E-state index contributed by atoms with van der Waals surface area (Å²) in [5, 5.41) is 15.1. The summed E-state index contributed by atoms with van der Waals surface area (Å²) in [4.78, 5) is 16.3. The summed E-state index contributed by atoms with van der Waals surface area (Å²) in [5.41, 5.74) is 2.18. The number of aromatic amines is 1. The van der Waals surface area contributed by atoms with Gasteiger partial charge in [0.25, 0.3) is 0 Å². The van der Waals surface area contributed by atoms with E-state index in [1.807, 2.05) is 43.5 Å². The molecule has 4 aromatic rings. The minimum Gasteiger partial charge on any atom is -0.487 e. The second-order valence-corrected chi connectivity index (χ2v) is 9.74. The number of benzene rings is 1. The van der Waals surface area contributed by atoms with Crippen molar-refractivity contribution in [3.8, 4) is 23.2 Å². The number of likely N-dealkylation sites (tertiary alicyclic amines) is 1. The van der Waals surface area contributed by atoms with E-state index in [9.17, 15) is 9.65 Å². The van der Waals surface area contributed by atoms with Gasteiger partial charge < -0.3 is 19.5 Å². The van der Waals surface area contributed by atoms with E-state index in [0.717, 1.165) is 49.1 Å². The first-order valence-corrected chi connectivity index (χ1v) is 12.6. The van der Waals surface area contributed by atoms with Crippen LogP contribution in [0, 0.1) is 17.1 Å². The van der Waals surface area contributed by atoms with Gasteiger partial charge in [-0.3, -0.25) is 4.68 Å². The van der Waals surface area contributed by atoms with Gasteiger partial charge in [-0.05, 0) is 45.5 Å². The van der Waals surface area contributed by atoms with Crippen LogP contribution in [0.3, 0.4) is 0 Å². The molecule has 10 heteroatoms. The molecular weight excluding hydrogens is 471 g/mol. The molecular formula is C27H31FN8O. The Bertz CT molecular complexity index is 1380. The number of hydrogen-bond acceptors (Lipinski definition) is 7. The van der Waals surface area contributed by atoms with Crippen LogP contribution < -0.4 is 4.74 Å². The number of nitrogens with one attached hydrogen (secondary N) is 1. The molecule has 1 aromatic carbocycles. The average molecular weight is 503 g/mol. The van der Waals surface area contributed by atoms with Crippen LogP contribution in [0.5, 0.6) is 5.75 Å². The first-order chi connectivity index (χ1) is 18.0. The smallest absolute Gasteiger partial charge is 0.169 e. The SMILES string of the molecule is CN(C)Cc1cccc(OC2CCN(CCC(C#N)n3cc(-c4ncc5cc[nH]c5n4)cn3)CC2)c1F. The second kappa shape index (κ2) is 11.1. The lowest BCUT2D eigenvalue weighted by Gasteiger charge is -2.32. The Morgan fingerprint density at radius 3 is 2.86 bits per heavy atom. The molecule has 37 heavy (non-hydrogen) atoms. The number of H-pyrrole nitrogens is 1. The van der Waals surface area contributed by atoms with Gasteiger partial charge in [-0.2, -0.15) is 10.4 Å². The Kier molecular flexibility index (Phi) is 7.44. The monoisotopic (exact) mass is 502 g/mol. The number of hydrogen-bond donors (Lipinski definition) is 1. The Morgan fingerprint density at radius 1 is 1.24 bits per heavy atom. The number of halogens is 1. The fourth-order valence-corrected chi connectivity index (χ4v) is 4.70. The first-order valence-electron chi connectivity index (χ1n) is 12.6. The summed E-state index contributed by atoms with van der Waals surface area (Å²) in [7, 11) is 3.84. The lowest BCUT2D eigenvalue weighted by atomic mass is 10.1. The van der Waals surface area contributed by atoms with Gasteiger partial charge >= 0.3 is 0 Å². The second-order valence-electron chi connectivity index (χ2n) is 9.74. The largest absolute Gasteiger partial charge is 0.487 e. The van der Waals surface area contributed by atoms with Crippen molar-refractivity contribution in [2.45, 2.75) is 38.0 Å². The molecule has 0 aliphatic carbocycles. The summed E-state index contributed by atoms with van der Waals surface area (Å²) in [6, 6.07) is 9.26. The normalized spacial score (nSPS) is 15.8. The number of aromatic nitrogens is 5. The van der Waals surface area contributed by atoms with E-state index in [0.29, 0.717) is 30.1 Å². The lowest BCUT2D eigenvalue weighted by Crippen LogP contribution is -2.39. The Labute approximate surface area is 215 Å². The molecule has 0 bridgehead atoms. The first kappa shape index (κ1) is 24.9. The van der Waals surface area contributed by atoms with Gasteiger partial charge in [-0.25, -0.2) is 14.4 Å². The maximum absolute atomic E-state index is 14.8. The molecule has 1 aliphatic heterocycles. The summed E-state index contributed by atoms with van der Waals surface area (Å²) in [6.07, 6.45) is 9.41. The van der Waals surface area contributed by atoms with E-state index in [1.54, 1.807) is 29.2 Å². The van der Waals surface area contributed by atoms with Crippen LogP contribution in [-0.2, 0) is 6.54 Å². The Hall–Kier alpha value is -3.81. The number of fused-ring (bicyclic) bond motifs is 1. The van der Waals surface area contributed by atoms with Crippen LogP contribution in [0.2, 0.25) is 0 Å². The van der Waals surface area contributed by atoms with Gasteiger partial charge in [0.1, 0.15) is 17.8 Å². The molecule has 0 amide bonds. The predicted molar refractivity (Wildman–Crippen MR) is 138 cm³/mol. The van der Waals surface area contributed by atoms with Gasteiger partial charge in [0.05, 0.1) is 17.8 Å². The van der Waals surface area contributed by atoms with Crippen molar-refractivity contribution < 1.29 is 9.13 Å². The Morgan fingerprint density at radius 2 is 2.08 bits per heavy atom. The van der Waals surface area contributed by atoms with Gasteiger partial charge in [0.2, 0.25) is 0 Å². The highest BCUT2D eigenvalue weighted by Crippen LogP contribution is 2.26. The molecule has 0 radical (unpaired) electrons. The third kappa shape index (κ3) is 5.79. The fourth-order valence-electron chi connectivity index (χ4n) is 4.70. The quantitative estimate of drug-likeness (QED) is 0.369. The number of nitriles is 1. The Balaban J connectivity index is 1.13. The van der Waals surface area contributed by atoms with Crippen molar-refractivity contribution in [1.82, 2.24) is 34.5 Å². The van der Waals surface area contributed by atoms with E-state index in [2.05, 4.69) is 31.0 Å². The number of nitrogens with zero attached hydrogens (tertiary/aromatic N) is 7. The maximum Gasteiger partial charge on any atom is 0.169 e. The lowest BCUT2D eigenvalue weighted by molar-refractivity contribution is 0.0947. The third-order valence-electron chi connectivity index (χ3n) is 6.70. The van der Waals surface area contributed by atoms with E-state index >= 15 is 0 Å². The summed E-state index contributed by atoms with van der Waals surface area (Å²) in [6.45, 7) is 3.00. The van der Waals surface area contributed by atoms with Crippen LogP contribution in [0.15, 0.2) is 49.1 Å². The number of rotatable bonds is 9. The molecule has 1 aliphatic rings. The van der Waals surface area contributed by atoms with Crippen LogP contribution >= 0.6 is 0 Å². The molecule has 0 saturated carbocycles. The zero-order valence-electron chi connectivity index (χ0n) is 21.1. The van der Waals surface area contributed by atoms with Crippen molar-refractivity contribution in [2.75, 3.05) is 33.7 Å². The molecule has 4 heterocycles. The van der Waals surface area contributed by atoms with Crippen molar-refractivity contribution in [3.63, 3.8) is 0 Å². The highest BCUT2D eigenvalue weighted by atomic mass is 19.1. The van der Waals surface area contributed by atoms with Crippen LogP contribution in [0.1, 0.15) is 30.9 Å². The van der Waals surface area contributed by atoms with Gasteiger partial charge in [0, 0.05) is 55.7 Å². The van der Waals surface area contributed by atoms with E-state index in [-0.39, 0.29) is 18.0 Å². The molecule has 1 fully saturated rings. The third-order valence-corrected chi connectivity index (χ3v) is 6.70. The highest BCUT2D eigenvalue weighted by molar-refractivity contribution is 5.76. The minimum atomic E-state index is -0.384. The van der Waals surface area contributed by atoms with Crippen molar-refractivity contribution in [3.05, 3.63) is 60.4 Å². The van der Waals surface area contributed by atoms with Crippen molar-refractivity contribution >= 4 is 11.0 Å². The zero-order chi connectivity index (χ0) is 25.8. The number of ether oxygens (including phenoxy) is 1. The van der Waals surface area contributed by atoms with Crippen molar-refractivity contribution in [2.24, 2.45) is 0 Å². The maximum atomic E-state index is 14.8. The molecule has 5 rings (SSSR count). The fraction of sp³-hybridized carbons (Fsp3) is 0.407. The molecule has 1 unspecified atom stereocenters. The standard InChI is InChI=1S/C27H31FN8O/c1-34(2)17-20-4-3-5-24(25(20)28)37-23-8-12-35(13-9-23)11-7-22(14-29)36-18-21(16-32-36)27-31-15-19-6-10-30-26(19)33-27/h3-6,10,15-16,18,22-23H,7-9,11-13,17H2,1-2H3,(H,30,31,33). The number of piperidine rings is 1. The summed E-state index contributed by atoms with van der Waals surface area (Å²) < 4.78 is 22.6. The molecule has 3 aromatic heterocycles. The van der Waals surface area contributed by atoms with E-state index in [1.165, 1.54) is 0 Å². The molecule has 0 spiro atoms. The minimum absolute atomic E-state index is 0.0159. The van der Waals surface area contributed by atoms with Gasteiger partial charge in [-0.15, -0.1) is 0 Å². The molecule has 9 nitrogen and oxygen atoms in total. The van der Waals surface area contributed by atoms with E-state index in [4.69, 9.17) is 4.74 Å². The molecule has 1 atom stereocenters. The van der Waals surface area contributed by atoms with Crippen LogP contribution in [-0.4, -0.2) is 74.4 Å². The summed E-state index contributed by atoms with van der Waals surface area (Å²) in [5.74, 6) is 0.632. The zero-order valence-corrected chi connectivity index (χ0v) is 21.1. The van der Waals surface area contributed by atoms with Crippen LogP contribution in [0.4, 0.5) is 4.39 Å². The van der Waals surface area contributed by atoms with Gasteiger partial charge in [-0.1, -0.05) is 12.1 Å². The van der Waals surface area contributed by atoms with Crippen LogP contribution in [0.25, 0.3) is 22.4 Å². The average Bonchev–Trinajstić information content (AvgIpc) is 3.57.